The molecule has 15 heteroatoms. The van der Waals surface area contributed by atoms with E-state index >= 15 is 0 Å². The molecule has 3 amide bonds. The number of hydrogen-bond acceptors (Lipinski definition) is 9. The molecule has 3 atom stereocenters. The van der Waals surface area contributed by atoms with Crippen molar-refractivity contribution < 1.29 is 37.4 Å². The first-order chi connectivity index (χ1) is 19.8. The molecule has 3 aliphatic heterocycles. The van der Waals surface area contributed by atoms with Crippen LogP contribution in [0.5, 0.6) is 0 Å². The Labute approximate surface area is 237 Å². The Morgan fingerprint density at radius 3 is 2.59 bits per heavy atom. The molecule has 0 radical (unpaired) electrons. The molecule has 0 unspecified atom stereocenters. The van der Waals surface area contributed by atoms with Gasteiger partial charge in [0.25, 0.3) is 0 Å². The topological polar surface area (TPSA) is 131 Å². The van der Waals surface area contributed by atoms with Crippen LogP contribution in [0.4, 0.5) is 8.78 Å². The van der Waals surface area contributed by atoms with Gasteiger partial charge in [-0.1, -0.05) is 5.21 Å². The molecule has 3 saturated heterocycles. The quantitative estimate of drug-likeness (QED) is 0.513. The average Bonchev–Trinajstić information content (AvgIpc) is 3.61. The fraction of sp³-hybridized carbons (Fsp3) is 0.808. The number of carbonyl (C=O) groups is 3. The molecule has 4 fully saturated rings. The highest BCUT2D eigenvalue weighted by atomic mass is 19.3. The number of nitrogens with zero attached hydrogens (tertiary/aromatic N) is 6. The van der Waals surface area contributed by atoms with Crippen LogP contribution in [-0.4, -0.2) is 138 Å². The molecule has 5 rings (SSSR count). The largest absolute Gasteiger partial charge is 0.378 e. The lowest BCUT2D eigenvalue weighted by molar-refractivity contribution is -0.155. The van der Waals surface area contributed by atoms with Gasteiger partial charge in [0.15, 0.2) is 0 Å². The van der Waals surface area contributed by atoms with E-state index in [1.54, 1.807) is 18.0 Å². The van der Waals surface area contributed by atoms with Crippen molar-refractivity contribution in [2.24, 2.45) is 0 Å². The molecule has 13 nitrogen and oxygen atoms in total. The van der Waals surface area contributed by atoms with Crippen LogP contribution in [0.2, 0.25) is 0 Å². The van der Waals surface area contributed by atoms with Gasteiger partial charge in [-0.3, -0.25) is 19.3 Å². The van der Waals surface area contributed by atoms with Crippen LogP contribution in [-0.2, 0) is 35.2 Å². The van der Waals surface area contributed by atoms with Crippen LogP contribution in [0.1, 0.15) is 43.8 Å². The Morgan fingerprint density at radius 2 is 1.80 bits per heavy atom. The first kappa shape index (κ1) is 29.7. The molecule has 1 N–H and O–H groups in total. The highest BCUT2D eigenvalue weighted by Crippen LogP contribution is 2.36. The van der Waals surface area contributed by atoms with Gasteiger partial charge in [-0.15, -0.1) is 5.10 Å². The van der Waals surface area contributed by atoms with E-state index in [9.17, 15) is 23.2 Å². The van der Waals surface area contributed by atoms with Crippen molar-refractivity contribution in [1.82, 2.24) is 35.0 Å². The van der Waals surface area contributed by atoms with Gasteiger partial charge in [0, 0.05) is 65.1 Å². The zero-order valence-electron chi connectivity index (χ0n) is 23.4. The second kappa shape index (κ2) is 13.0. The molecular formula is C26H39F2N7O6. The fourth-order valence-electron chi connectivity index (χ4n) is 6.26. The summed E-state index contributed by atoms with van der Waals surface area (Å²) in [6.45, 7) is 2.22. The second-order valence-electron chi connectivity index (χ2n) is 11.2. The van der Waals surface area contributed by atoms with Gasteiger partial charge < -0.3 is 29.3 Å². The van der Waals surface area contributed by atoms with Gasteiger partial charge in [0.05, 0.1) is 38.7 Å². The van der Waals surface area contributed by atoms with Crippen LogP contribution in [0.25, 0.3) is 0 Å². The van der Waals surface area contributed by atoms with Gasteiger partial charge in [-0.05, 0) is 12.8 Å². The number of nitrogens with one attached hydrogen (secondary N) is 1. The number of amides is 3. The number of alkyl halides is 2. The SMILES string of the molecule is COCc1cn([C@H]2C[C@H]3C(=O)NCCOCCOCC(=O)N4CCN(C5CCC(F)(F)CC5)C[C@H]4C(=O)N3C2)nn1. The van der Waals surface area contributed by atoms with E-state index in [0.29, 0.717) is 31.5 Å². The smallest absolute Gasteiger partial charge is 0.249 e. The van der Waals surface area contributed by atoms with Crippen molar-refractivity contribution in [3.63, 3.8) is 0 Å². The molecule has 1 aromatic rings. The monoisotopic (exact) mass is 583 g/mol. The highest BCUT2D eigenvalue weighted by molar-refractivity contribution is 5.93. The third kappa shape index (κ3) is 7.01. The van der Waals surface area contributed by atoms with Crippen molar-refractivity contribution in [3.05, 3.63) is 11.9 Å². The van der Waals surface area contributed by atoms with Crippen LogP contribution in [0, 0.1) is 0 Å². The number of methoxy groups -OCH3 is 1. The number of fused-ring (bicyclic) bond motifs is 2. The fourth-order valence-corrected chi connectivity index (χ4v) is 6.26. The summed E-state index contributed by atoms with van der Waals surface area (Å²) < 4.78 is 45.5. The van der Waals surface area contributed by atoms with Crippen LogP contribution < -0.4 is 5.32 Å². The van der Waals surface area contributed by atoms with E-state index in [-0.39, 0.29) is 102 Å². The zero-order valence-corrected chi connectivity index (χ0v) is 23.4. The Balaban J connectivity index is 1.40. The maximum atomic E-state index is 14.3. The molecule has 4 heterocycles. The summed E-state index contributed by atoms with van der Waals surface area (Å²) in [5, 5.41) is 11.2. The number of ether oxygens (including phenoxy) is 3. The summed E-state index contributed by atoms with van der Waals surface area (Å²) in [6.07, 6.45) is 2.34. The Kier molecular flexibility index (Phi) is 9.46. The number of halogens is 2. The Hall–Kier alpha value is -2.75. The predicted octanol–water partition coefficient (Wildman–Crippen LogP) is -0.180. The number of hydrogen-bond donors (Lipinski definition) is 1. The van der Waals surface area contributed by atoms with Crippen LogP contribution >= 0.6 is 0 Å². The summed E-state index contributed by atoms with van der Waals surface area (Å²) in [5.74, 6) is -3.66. The van der Waals surface area contributed by atoms with Crippen molar-refractivity contribution in [2.75, 3.05) is 66.3 Å². The molecule has 228 valence electrons. The Bertz CT molecular complexity index is 1080. The maximum absolute atomic E-state index is 14.3. The van der Waals surface area contributed by atoms with E-state index in [2.05, 4.69) is 20.5 Å². The van der Waals surface area contributed by atoms with E-state index in [1.165, 1.54) is 9.80 Å². The van der Waals surface area contributed by atoms with Crippen LogP contribution in [0.15, 0.2) is 6.20 Å². The number of aromatic nitrogens is 3. The van der Waals surface area contributed by atoms with E-state index in [1.807, 2.05) is 0 Å². The molecule has 1 aromatic heterocycles. The molecule has 1 saturated carbocycles. The van der Waals surface area contributed by atoms with Crippen molar-refractivity contribution in [2.45, 2.75) is 68.8 Å². The summed E-state index contributed by atoms with van der Waals surface area (Å²) in [7, 11) is 1.56. The maximum Gasteiger partial charge on any atom is 0.249 e. The van der Waals surface area contributed by atoms with E-state index < -0.39 is 18.0 Å². The minimum atomic E-state index is -2.66. The molecule has 0 bridgehead atoms. The number of piperazine rings is 1. The molecule has 0 spiro atoms. The second-order valence-corrected chi connectivity index (χ2v) is 11.2. The molecule has 1 aliphatic carbocycles. The molecule has 0 aromatic carbocycles. The first-order valence-electron chi connectivity index (χ1n) is 14.3. The van der Waals surface area contributed by atoms with Gasteiger partial charge in [0.1, 0.15) is 24.4 Å². The van der Waals surface area contributed by atoms with Crippen molar-refractivity contribution in [1.29, 1.82) is 0 Å². The molecule has 4 aliphatic rings. The standard InChI is InChI=1S/C26H39F2N7O6/c1-39-16-18-13-35(31-30-18)20-12-21-24(37)29-6-9-40-10-11-41-17-23(36)33-8-7-32(15-22(33)25(38)34(21)14-20)19-2-4-26(27,28)5-3-19/h13,19-22H,2-12,14-17H2,1H3,(H,29,37)/t20-,21-,22-/m0/s1. The van der Waals surface area contributed by atoms with Crippen molar-refractivity contribution >= 4 is 17.7 Å². The lowest BCUT2D eigenvalue weighted by Crippen LogP contribution is -2.64. The summed E-state index contributed by atoms with van der Waals surface area (Å²) in [5.41, 5.74) is 0.627. The van der Waals surface area contributed by atoms with Gasteiger partial charge in [-0.2, -0.15) is 0 Å². The van der Waals surface area contributed by atoms with Gasteiger partial charge >= 0.3 is 0 Å². The summed E-state index contributed by atoms with van der Waals surface area (Å²) >= 11 is 0. The highest BCUT2D eigenvalue weighted by Gasteiger charge is 2.47. The Morgan fingerprint density at radius 1 is 1.02 bits per heavy atom. The van der Waals surface area contributed by atoms with E-state index in [0.717, 1.165) is 0 Å². The summed E-state index contributed by atoms with van der Waals surface area (Å²) in [4.78, 5) is 46.0. The normalized spacial score (nSPS) is 29.4. The minimum Gasteiger partial charge on any atom is -0.378 e. The number of rotatable bonds is 4. The zero-order chi connectivity index (χ0) is 29.0. The number of carbonyl (C=O) groups excluding carboxylic acids is 3. The van der Waals surface area contributed by atoms with E-state index in [4.69, 9.17) is 14.2 Å². The summed E-state index contributed by atoms with van der Waals surface area (Å²) in [6, 6.07) is -2.07. The lowest BCUT2D eigenvalue weighted by Gasteiger charge is -2.46. The predicted molar refractivity (Wildman–Crippen MR) is 139 cm³/mol. The van der Waals surface area contributed by atoms with Crippen molar-refractivity contribution in [3.8, 4) is 0 Å². The lowest BCUT2D eigenvalue weighted by atomic mass is 9.90. The first-order valence-corrected chi connectivity index (χ1v) is 14.3. The molecule has 41 heavy (non-hydrogen) atoms. The third-order valence-corrected chi connectivity index (χ3v) is 8.45. The average molecular weight is 584 g/mol. The van der Waals surface area contributed by atoms with Gasteiger partial charge in [-0.25, -0.2) is 13.5 Å². The van der Waals surface area contributed by atoms with Crippen LogP contribution in [0.3, 0.4) is 0 Å². The van der Waals surface area contributed by atoms with Gasteiger partial charge in [0.2, 0.25) is 23.6 Å². The third-order valence-electron chi connectivity index (χ3n) is 8.45. The minimum absolute atomic E-state index is 0.0931. The molecular weight excluding hydrogens is 544 g/mol.